The molecule has 0 saturated carbocycles. The second-order valence-corrected chi connectivity index (χ2v) is 5.20. The minimum absolute atomic E-state index is 0.0967. The Hall–Kier alpha value is -2.34. The summed E-state index contributed by atoms with van der Waals surface area (Å²) in [5, 5.41) is 12.4. The van der Waals surface area contributed by atoms with Crippen molar-refractivity contribution in [3.63, 3.8) is 0 Å². The maximum atomic E-state index is 6.31. The molecule has 0 aliphatic heterocycles. The zero-order chi connectivity index (χ0) is 14.8. The summed E-state index contributed by atoms with van der Waals surface area (Å²) in [6, 6.07) is 5.80. The van der Waals surface area contributed by atoms with Gasteiger partial charge in [0.05, 0.1) is 22.9 Å². The molecule has 21 heavy (non-hydrogen) atoms. The van der Waals surface area contributed by atoms with E-state index in [1.165, 1.54) is 6.33 Å². The molecule has 2 aromatic heterocycles. The molecule has 3 rings (SSSR count). The van der Waals surface area contributed by atoms with Crippen LogP contribution in [0.2, 0.25) is 5.02 Å². The fraction of sp³-hybridized carbons (Fsp3) is 0.214. The number of rotatable bonds is 4. The van der Waals surface area contributed by atoms with Gasteiger partial charge in [-0.05, 0) is 19.1 Å². The predicted octanol–water partition coefficient (Wildman–Crippen LogP) is 2.83. The number of anilines is 1. The molecule has 1 atom stereocenters. The Morgan fingerprint density at radius 1 is 1.29 bits per heavy atom. The highest BCUT2D eigenvalue weighted by molar-refractivity contribution is 6.33. The van der Waals surface area contributed by atoms with Gasteiger partial charge in [-0.1, -0.05) is 17.7 Å². The Morgan fingerprint density at radius 3 is 2.81 bits per heavy atom. The Bertz CT molecular complexity index is 734. The molecule has 1 aromatic carbocycles. The van der Waals surface area contributed by atoms with E-state index in [1.807, 2.05) is 37.6 Å². The van der Waals surface area contributed by atoms with Gasteiger partial charge in [0.1, 0.15) is 18.3 Å². The van der Waals surface area contributed by atoms with Gasteiger partial charge in [-0.25, -0.2) is 9.67 Å². The molecule has 6 nitrogen and oxygen atoms in total. The molecule has 0 spiro atoms. The summed E-state index contributed by atoms with van der Waals surface area (Å²) in [4.78, 5) is 3.97. The summed E-state index contributed by atoms with van der Waals surface area (Å²) >= 11 is 6.31. The van der Waals surface area contributed by atoms with Crippen LogP contribution < -0.4 is 5.32 Å². The van der Waals surface area contributed by atoms with Gasteiger partial charge in [-0.3, -0.25) is 4.68 Å². The van der Waals surface area contributed by atoms with Crippen LogP contribution in [0.15, 0.2) is 43.2 Å². The molecule has 0 aliphatic carbocycles. The van der Waals surface area contributed by atoms with Gasteiger partial charge in [0.25, 0.3) is 0 Å². The highest BCUT2D eigenvalue weighted by atomic mass is 35.5. The van der Waals surface area contributed by atoms with E-state index in [0.717, 1.165) is 16.9 Å². The molecule has 0 fully saturated rings. The number of hydrogen-bond donors (Lipinski definition) is 1. The molecule has 0 bridgehead atoms. The van der Waals surface area contributed by atoms with Crippen LogP contribution >= 0.6 is 11.6 Å². The lowest BCUT2D eigenvalue weighted by Gasteiger charge is -2.17. The average molecular weight is 303 g/mol. The quantitative estimate of drug-likeness (QED) is 0.805. The molecular weight excluding hydrogens is 288 g/mol. The van der Waals surface area contributed by atoms with E-state index in [-0.39, 0.29) is 6.04 Å². The van der Waals surface area contributed by atoms with Crippen molar-refractivity contribution in [3.8, 4) is 5.69 Å². The number of halogens is 1. The van der Waals surface area contributed by atoms with Crippen LogP contribution in [0.1, 0.15) is 18.5 Å². The van der Waals surface area contributed by atoms with Crippen molar-refractivity contribution in [2.24, 2.45) is 7.05 Å². The van der Waals surface area contributed by atoms with Gasteiger partial charge in [0.15, 0.2) is 0 Å². The van der Waals surface area contributed by atoms with E-state index in [2.05, 4.69) is 27.4 Å². The van der Waals surface area contributed by atoms with Crippen molar-refractivity contribution in [2.75, 3.05) is 5.32 Å². The number of nitrogens with zero attached hydrogens (tertiary/aromatic N) is 5. The average Bonchev–Trinajstić information content (AvgIpc) is 3.10. The first-order valence-corrected chi connectivity index (χ1v) is 6.91. The molecule has 0 aliphatic rings. The Kier molecular flexibility index (Phi) is 3.62. The lowest BCUT2D eigenvalue weighted by Crippen LogP contribution is -2.09. The third-order valence-corrected chi connectivity index (χ3v) is 3.54. The second kappa shape index (κ2) is 5.57. The van der Waals surface area contributed by atoms with Crippen LogP contribution in [-0.2, 0) is 7.05 Å². The minimum Gasteiger partial charge on any atom is -0.377 e. The third kappa shape index (κ3) is 2.75. The maximum absolute atomic E-state index is 6.31. The first-order chi connectivity index (χ1) is 10.1. The third-order valence-electron chi connectivity index (χ3n) is 3.23. The number of aryl methyl sites for hydroxylation is 1. The molecule has 108 valence electrons. The van der Waals surface area contributed by atoms with Gasteiger partial charge in [0.2, 0.25) is 0 Å². The van der Waals surface area contributed by atoms with Crippen LogP contribution in [0.5, 0.6) is 0 Å². The minimum atomic E-state index is 0.0967. The van der Waals surface area contributed by atoms with Crippen LogP contribution in [0.25, 0.3) is 5.69 Å². The SMILES string of the molecule is CC(Nc1cccc(Cl)c1-n1cncn1)c1cnn(C)c1. The maximum Gasteiger partial charge on any atom is 0.138 e. The molecular formula is C14H15ClN6. The summed E-state index contributed by atoms with van der Waals surface area (Å²) in [5.41, 5.74) is 2.78. The van der Waals surface area contributed by atoms with Gasteiger partial charge in [0, 0.05) is 18.8 Å². The highest BCUT2D eigenvalue weighted by Crippen LogP contribution is 2.30. The Morgan fingerprint density at radius 2 is 2.14 bits per heavy atom. The van der Waals surface area contributed by atoms with E-state index in [9.17, 15) is 0 Å². The largest absolute Gasteiger partial charge is 0.377 e. The normalized spacial score (nSPS) is 12.3. The summed E-state index contributed by atoms with van der Waals surface area (Å²) in [7, 11) is 1.90. The van der Waals surface area contributed by atoms with Crippen molar-refractivity contribution in [1.82, 2.24) is 24.5 Å². The van der Waals surface area contributed by atoms with Crippen LogP contribution in [-0.4, -0.2) is 24.5 Å². The fourth-order valence-corrected chi connectivity index (χ4v) is 2.43. The van der Waals surface area contributed by atoms with Crippen LogP contribution in [0.4, 0.5) is 5.69 Å². The first kappa shape index (κ1) is 13.6. The van der Waals surface area contributed by atoms with Crippen molar-refractivity contribution >= 4 is 17.3 Å². The Balaban J connectivity index is 1.94. The van der Waals surface area contributed by atoms with Gasteiger partial charge >= 0.3 is 0 Å². The van der Waals surface area contributed by atoms with Crippen molar-refractivity contribution in [3.05, 3.63) is 53.8 Å². The standard InChI is InChI=1S/C14H15ClN6/c1-10(11-6-17-20(2)7-11)19-13-5-3-4-12(15)14(13)21-9-16-8-18-21/h3-10,19H,1-2H3. The van der Waals surface area contributed by atoms with Crippen molar-refractivity contribution < 1.29 is 0 Å². The van der Waals surface area contributed by atoms with Crippen molar-refractivity contribution in [2.45, 2.75) is 13.0 Å². The first-order valence-electron chi connectivity index (χ1n) is 6.54. The van der Waals surface area contributed by atoms with Gasteiger partial charge in [-0.2, -0.15) is 10.2 Å². The predicted molar refractivity (Wildman–Crippen MR) is 81.6 cm³/mol. The van der Waals surface area contributed by atoms with E-state index >= 15 is 0 Å². The van der Waals surface area contributed by atoms with E-state index < -0.39 is 0 Å². The van der Waals surface area contributed by atoms with Gasteiger partial charge < -0.3 is 5.32 Å². The second-order valence-electron chi connectivity index (χ2n) is 4.79. The lowest BCUT2D eigenvalue weighted by molar-refractivity contribution is 0.765. The molecule has 1 unspecified atom stereocenters. The smallest absolute Gasteiger partial charge is 0.138 e. The number of para-hydroxylation sites is 1. The fourth-order valence-electron chi connectivity index (χ4n) is 2.17. The van der Waals surface area contributed by atoms with Crippen molar-refractivity contribution in [1.29, 1.82) is 0 Å². The highest BCUT2D eigenvalue weighted by Gasteiger charge is 2.14. The number of aromatic nitrogens is 5. The molecule has 1 N–H and O–H groups in total. The summed E-state index contributed by atoms with van der Waals surface area (Å²) in [5.74, 6) is 0. The molecule has 3 aromatic rings. The monoisotopic (exact) mass is 302 g/mol. The summed E-state index contributed by atoms with van der Waals surface area (Å²) in [6.07, 6.45) is 6.94. The number of nitrogens with one attached hydrogen (secondary N) is 1. The van der Waals surface area contributed by atoms with Gasteiger partial charge in [-0.15, -0.1) is 0 Å². The number of hydrogen-bond acceptors (Lipinski definition) is 4. The molecule has 0 radical (unpaired) electrons. The zero-order valence-corrected chi connectivity index (χ0v) is 12.5. The van der Waals surface area contributed by atoms with Crippen LogP contribution in [0, 0.1) is 0 Å². The van der Waals surface area contributed by atoms with E-state index in [0.29, 0.717) is 5.02 Å². The molecule has 2 heterocycles. The molecule has 0 amide bonds. The van der Waals surface area contributed by atoms with Crippen LogP contribution in [0.3, 0.4) is 0 Å². The van der Waals surface area contributed by atoms with E-state index in [4.69, 9.17) is 11.6 Å². The Labute approximate surface area is 127 Å². The summed E-state index contributed by atoms with van der Waals surface area (Å²) < 4.78 is 3.43. The number of benzene rings is 1. The molecule has 0 saturated heterocycles. The molecule has 7 heteroatoms. The lowest BCUT2D eigenvalue weighted by atomic mass is 10.1. The summed E-state index contributed by atoms with van der Waals surface area (Å²) in [6.45, 7) is 2.07. The zero-order valence-electron chi connectivity index (χ0n) is 11.7. The van der Waals surface area contributed by atoms with E-state index in [1.54, 1.807) is 15.7 Å². The topological polar surface area (TPSA) is 60.6 Å².